The molecule has 0 amide bonds. The van der Waals surface area contributed by atoms with Crippen LogP contribution in [0.3, 0.4) is 0 Å². The summed E-state index contributed by atoms with van der Waals surface area (Å²) in [5.74, 6) is 2.49. The second kappa shape index (κ2) is 6.49. The van der Waals surface area contributed by atoms with Crippen LogP contribution in [0.4, 0.5) is 0 Å². The minimum Gasteiger partial charge on any atom is -0.490 e. The lowest BCUT2D eigenvalue weighted by Crippen LogP contribution is -2.25. The minimum atomic E-state index is 0.645. The fourth-order valence-electron chi connectivity index (χ4n) is 3.36. The van der Waals surface area contributed by atoms with E-state index in [1.165, 1.54) is 37.7 Å². The molecule has 0 bridgehead atoms. The van der Waals surface area contributed by atoms with E-state index < -0.39 is 0 Å². The first-order valence-electron chi connectivity index (χ1n) is 7.93. The zero-order valence-electron chi connectivity index (χ0n) is 12.4. The van der Waals surface area contributed by atoms with E-state index in [-0.39, 0.29) is 0 Å². The molecule has 1 N–H and O–H groups in total. The highest BCUT2D eigenvalue weighted by atomic mass is 16.5. The van der Waals surface area contributed by atoms with E-state index in [2.05, 4.69) is 30.6 Å². The number of fused-ring (bicyclic) bond motifs is 1. The molecule has 1 heterocycles. The molecule has 3 rings (SSSR count). The molecule has 0 radical (unpaired) electrons. The molecular formula is C17H25NO2. The topological polar surface area (TPSA) is 30.5 Å². The Morgan fingerprint density at radius 1 is 1.00 bits per heavy atom. The van der Waals surface area contributed by atoms with Crippen LogP contribution in [0.25, 0.3) is 0 Å². The van der Waals surface area contributed by atoms with E-state index >= 15 is 0 Å². The highest BCUT2D eigenvalue weighted by Gasteiger charge is 2.22. The van der Waals surface area contributed by atoms with Crippen molar-refractivity contribution >= 4 is 0 Å². The van der Waals surface area contributed by atoms with E-state index in [1.54, 1.807) is 0 Å². The Labute approximate surface area is 121 Å². The van der Waals surface area contributed by atoms with Gasteiger partial charge < -0.3 is 14.8 Å². The Kier molecular flexibility index (Phi) is 4.46. The van der Waals surface area contributed by atoms with Crippen molar-refractivity contribution in [2.75, 3.05) is 20.3 Å². The van der Waals surface area contributed by atoms with Crippen molar-refractivity contribution in [3.05, 3.63) is 23.8 Å². The number of rotatable bonds is 2. The summed E-state index contributed by atoms with van der Waals surface area (Å²) < 4.78 is 11.5. The molecule has 2 atom stereocenters. The Morgan fingerprint density at radius 3 is 2.65 bits per heavy atom. The molecule has 0 spiro atoms. The predicted molar refractivity (Wildman–Crippen MR) is 80.7 cm³/mol. The molecule has 1 fully saturated rings. The smallest absolute Gasteiger partial charge is 0.161 e. The molecule has 3 heteroatoms. The number of benzene rings is 1. The van der Waals surface area contributed by atoms with Crippen molar-refractivity contribution in [2.24, 2.45) is 0 Å². The number of ether oxygens (including phenoxy) is 2. The molecule has 0 saturated heterocycles. The second-order valence-electron chi connectivity index (χ2n) is 5.96. The van der Waals surface area contributed by atoms with E-state index in [0.717, 1.165) is 31.1 Å². The van der Waals surface area contributed by atoms with E-state index in [0.29, 0.717) is 12.0 Å². The summed E-state index contributed by atoms with van der Waals surface area (Å²) in [5, 5.41) is 3.46. The molecule has 3 nitrogen and oxygen atoms in total. The number of hydrogen-bond donors (Lipinski definition) is 1. The van der Waals surface area contributed by atoms with Crippen LogP contribution in [0.2, 0.25) is 0 Å². The molecule has 2 unspecified atom stereocenters. The van der Waals surface area contributed by atoms with Gasteiger partial charge in [0.1, 0.15) is 0 Å². The molecule has 1 aromatic rings. The summed E-state index contributed by atoms with van der Waals surface area (Å²) in [4.78, 5) is 0. The largest absolute Gasteiger partial charge is 0.490 e. The first kappa shape index (κ1) is 13.7. The van der Waals surface area contributed by atoms with Gasteiger partial charge in [-0.3, -0.25) is 0 Å². The fraction of sp³-hybridized carbons (Fsp3) is 0.647. The summed E-state index contributed by atoms with van der Waals surface area (Å²) in [6.45, 7) is 1.53. The molecule has 20 heavy (non-hydrogen) atoms. The quantitative estimate of drug-likeness (QED) is 0.838. The highest BCUT2D eigenvalue weighted by molar-refractivity contribution is 5.44. The van der Waals surface area contributed by atoms with Gasteiger partial charge in [-0.05, 0) is 49.9 Å². The predicted octanol–water partition coefficient (Wildman–Crippen LogP) is 3.48. The van der Waals surface area contributed by atoms with E-state index in [9.17, 15) is 0 Å². The van der Waals surface area contributed by atoms with Gasteiger partial charge in [-0.15, -0.1) is 0 Å². The first-order chi connectivity index (χ1) is 9.86. The Bertz CT molecular complexity index is 447. The van der Waals surface area contributed by atoms with Crippen molar-refractivity contribution in [2.45, 2.75) is 50.5 Å². The second-order valence-corrected chi connectivity index (χ2v) is 5.96. The van der Waals surface area contributed by atoms with Gasteiger partial charge >= 0.3 is 0 Å². The van der Waals surface area contributed by atoms with Crippen LogP contribution < -0.4 is 14.8 Å². The van der Waals surface area contributed by atoms with Gasteiger partial charge in [0.25, 0.3) is 0 Å². The average molecular weight is 275 g/mol. The molecular weight excluding hydrogens is 250 g/mol. The van der Waals surface area contributed by atoms with Crippen LogP contribution in [0, 0.1) is 0 Å². The fourth-order valence-corrected chi connectivity index (χ4v) is 3.36. The van der Waals surface area contributed by atoms with Crippen molar-refractivity contribution in [1.29, 1.82) is 0 Å². The zero-order valence-corrected chi connectivity index (χ0v) is 12.4. The van der Waals surface area contributed by atoms with Crippen molar-refractivity contribution in [1.82, 2.24) is 5.32 Å². The molecule has 1 aliphatic heterocycles. The van der Waals surface area contributed by atoms with Gasteiger partial charge in [0.15, 0.2) is 11.5 Å². The first-order valence-corrected chi connectivity index (χ1v) is 7.93. The maximum atomic E-state index is 5.82. The molecule has 1 aromatic carbocycles. The van der Waals surface area contributed by atoms with E-state index in [4.69, 9.17) is 9.47 Å². The lowest BCUT2D eigenvalue weighted by molar-refractivity contribution is 0.297. The summed E-state index contributed by atoms with van der Waals surface area (Å²) in [5.41, 5.74) is 1.41. The summed E-state index contributed by atoms with van der Waals surface area (Å²) in [6, 6.07) is 7.19. The van der Waals surface area contributed by atoms with Crippen LogP contribution in [0.15, 0.2) is 18.2 Å². The summed E-state index contributed by atoms with van der Waals surface area (Å²) in [7, 11) is 2.08. The zero-order chi connectivity index (χ0) is 13.8. The van der Waals surface area contributed by atoms with Crippen LogP contribution in [0.1, 0.15) is 50.0 Å². The molecule has 1 aliphatic carbocycles. The Balaban J connectivity index is 1.80. The van der Waals surface area contributed by atoms with Crippen LogP contribution in [-0.4, -0.2) is 26.3 Å². The maximum absolute atomic E-state index is 5.82. The third-order valence-corrected chi connectivity index (χ3v) is 4.58. The third-order valence-electron chi connectivity index (χ3n) is 4.58. The highest BCUT2D eigenvalue weighted by Crippen LogP contribution is 2.37. The normalized spacial score (nSPS) is 26.6. The lowest BCUT2D eigenvalue weighted by Gasteiger charge is -2.21. The van der Waals surface area contributed by atoms with Crippen molar-refractivity contribution < 1.29 is 9.47 Å². The Hall–Kier alpha value is -1.22. The van der Waals surface area contributed by atoms with Gasteiger partial charge in [0, 0.05) is 12.5 Å². The number of nitrogens with one attached hydrogen (secondary N) is 1. The van der Waals surface area contributed by atoms with Crippen LogP contribution in [-0.2, 0) is 0 Å². The standard InChI is InChI=1S/C17H25NO2/c1-18-15-6-3-2-5-13(11-15)14-7-8-16-17(12-14)20-10-4-9-19-16/h7-8,12-13,15,18H,2-6,9-11H2,1H3. The molecule has 110 valence electrons. The molecule has 1 saturated carbocycles. The monoisotopic (exact) mass is 275 g/mol. The number of hydrogen-bond acceptors (Lipinski definition) is 3. The van der Waals surface area contributed by atoms with E-state index in [1.807, 2.05) is 0 Å². The van der Waals surface area contributed by atoms with Gasteiger partial charge in [-0.1, -0.05) is 18.9 Å². The van der Waals surface area contributed by atoms with Crippen LogP contribution >= 0.6 is 0 Å². The van der Waals surface area contributed by atoms with Crippen LogP contribution in [0.5, 0.6) is 11.5 Å². The molecule has 0 aromatic heterocycles. The Morgan fingerprint density at radius 2 is 1.80 bits per heavy atom. The van der Waals surface area contributed by atoms with Gasteiger partial charge in [-0.25, -0.2) is 0 Å². The summed E-state index contributed by atoms with van der Waals surface area (Å²) >= 11 is 0. The maximum Gasteiger partial charge on any atom is 0.161 e. The van der Waals surface area contributed by atoms with Gasteiger partial charge in [0.2, 0.25) is 0 Å². The average Bonchev–Trinajstić information content (AvgIpc) is 2.86. The molecule has 2 aliphatic rings. The lowest BCUT2D eigenvalue weighted by atomic mass is 9.90. The summed E-state index contributed by atoms with van der Waals surface area (Å²) in [6.07, 6.45) is 7.46. The SMILES string of the molecule is CNC1CCCCC(c2ccc3c(c2)OCCCO3)C1. The van der Waals surface area contributed by atoms with Gasteiger partial charge in [0.05, 0.1) is 13.2 Å². The van der Waals surface area contributed by atoms with Gasteiger partial charge in [-0.2, -0.15) is 0 Å². The van der Waals surface area contributed by atoms with Crippen molar-refractivity contribution in [3.8, 4) is 11.5 Å². The van der Waals surface area contributed by atoms with Crippen molar-refractivity contribution in [3.63, 3.8) is 0 Å². The third kappa shape index (κ3) is 3.09. The minimum absolute atomic E-state index is 0.645.